The largest absolute Gasteiger partial charge is 0.399 e. The Morgan fingerprint density at radius 2 is 1.80 bits per heavy atom. The van der Waals surface area contributed by atoms with E-state index in [1.165, 1.54) is 11.1 Å². The lowest BCUT2D eigenvalue weighted by Crippen LogP contribution is -1.96. The molecule has 0 radical (unpaired) electrons. The standard InChI is InChI=1S/C9H17N/c1-5-8(4)6-9(10)7(2)3/h6H,5,10H2,1-4H3/b8-6-. The summed E-state index contributed by atoms with van der Waals surface area (Å²) >= 11 is 0. The second kappa shape index (κ2) is 4.15. The van der Waals surface area contributed by atoms with E-state index in [-0.39, 0.29) is 0 Å². The van der Waals surface area contributed by atoms with Crippen molar-refractivity contribution in [1.82, 2.24) is 0 Å². The van der Waals surface area contributed by atoms with Gasteiger partial charge in [-0.05, 0) is 33.3 Å². The van der Waals surface area contributed by atoms with Crippen LogP contribution in [0.3, 0.4) is 0 Å². The second-order valence-electron chi connectivity index (χ2n) is 2.80. The maximum atomic E-state index is 5.70. The summed E-state index contributed by atoms with van der Waals surface area (Å²) in [5.74, 6) is 0. The summed E-state index contributed by atoms with van der Waals surface area (Å²) in [6.45, 7) is 8.27. The first-order valence-corrected chi connectivity index (χ1v) is 3.68. The molecule has 0 amide bonds. The van der Waals surface area contributed by atoms with Crippen LogP contribution in [0.2, 0.25) is 0 Å². The van der Waals surface area contributed by atoms with Crippen LogP contribution < -0.4 is 5.73 Å². The van der Waals surface area contributed by atoms with Crippen molar-refractivity contribution >= 4 is 0 Å². The van der Waals surface area contributed by atoms with Gasteiger partial charge in [0, 0.05) is 5.70 Å². The van der Waals surface area contributed by atoms with Crippen LogP contribution in [0.5, 0.6) is 0 Å². The fourth-order valence-electron chi connectivity index (χ4n) is 0.512. The van der Waals surface area contributed by atoms with Crippen LogP contribution in [-0.4, -0.2) is 0 Å². The monoisotopic (exact) mass is 139 g/mol. The molecule has 0 heterocycles. The topological polar surface area (TPSA) is 26.0 Å². The highest BCUT2D eigenvalue weighted by Gasteiger charge is 1.88. The van der Waals surface area contributed by atoms with Gasteiger partial charge in [0.15, 0.2) is 0 Å². The van der Waals surface area contributed by atoms with Crippen molar-refractivity contribution in [3.8, 4) is 0 Å². The number of hydrogen-bond acceptors (Lipinski definition) is 1. The summed E-state index contributed by atoms with van der Waals surface area (Å²) in [5, 5.41) is 0. The molecule has 0 aromatic heterocycles. The van der Waals surface area contributed by atoms with E-state index in [4.69, 9.17) is 5.73 Å². The third kappa shape index (κ3) is 3.33. The molecule has 0 saturated heterocycles. The van der Waals surface area contributed by atoms with Crippen LogP contribution in [0.25, 0.3) is 0 Å². The molecule has 0 bridgehead atoms. The highest BCUT2D eigenvalue weighted by Crippen LogP contribution is 2.04. The molecule has 10 heavy (non-hydrogen) atoms. The molecular weight excluding hydrogens is 122 g/mol. The van der Waals surface area contributed by atoms with Crippen LogP contribution >= 0.6 is 0 Å². The molecule has 0 rings (SSSR count). The third-order valence-electron chi connectivity index (χ3n) is 1.54. The van der Waals surface area contributed by atoms with Gasteiger partial charge in [-0.1, -0.05) is 18.1 Å². The molecule has 0 aromatic carbocycles. The van der Waals surface area contributed by atoms with Gasteiger partial charge in [0.05, 0.1) is 0 Å². The van der Waals surface area contributed by atoms with Crippen molar-refractivity contribution in [3.63, 3.8) is 0 Å². The maximum absolute atomic E-state index is 5.70. The Hall–Kier alpha value is -0.720. The number of nitrogens with two attached hydrogens (primary N) is 1. The van der Waals surface area contributed by atoms with Crippen LogP contribution in [0, 0.1) is 0 Å². The molecule has 0 aliphatic rings. The first-order chi connectivity index (χ1) is 4.57. The SMILES string of the molecule is CC/C(C)=C\C(N)=C(C)C. The minimum Gasteiger partial charge on any atom is -0.399 e. The van der Waals surface area contributed by atoms with Gasteiger partial charge in [-0.2, -0.15) is 0 Å². The Morgan fingerprint density at radius 1 is 1.30 bits per heavy atom. The van der Waals surface area contributed by atoms with Crippen molar-refractivity contribution in [3.05, 3.63) is 22.9 Å². The molecule has 1 nitrogen and oxygen atoms in total. The molecule has 0 saturated carbocycles. The van der Waals surface area contributed by atoms with Crippen LogP contribution in [0.15, 0.2) is 22.9 Å². The van der Waals surface area contributed by atoms with Crippen molar-refractivity contribution in [2.75, 3.05) is 0 Å². The minimum atomic E-state index is 0.902. The summed E-state index contributed by atoms with van der Waals surface area (Å²) < 4.78 is 0. The van der Waals surface area contributed by atoms with E-state index < -0.39 is 0 Å². The predicted molar refractivity (Wildman–Crippen MR) is 46.6 cm³/mol. The number of hydrogen-bond donors (Lipinski definition) is 1. The third-order valence-corrected chi connectivity index (χ3v) is 1.54. The molecule has 0 aliphatic heterocycles. The molecule has 2 N–H and O–H groups in total. The van der Waals surface area contributed by atoms with E-state index in [9.17, 15) is 0 Å². The van der Waals surface area contributed by atoms with Crippen molar-refractivity contribution < 1.29 is 0 Å². The molecule has 0 atom stereocenters. The zero-order valence-corrected chi connectivity index (χ0v) is 7.36. The van der Waals surface area contributed by atoms with E-state index >= 15 is 0 Å². The van der Waals surface area contributed by atoms with Crippen molar-refractivity contribution in [2.24, 2.45) is 5.73 Å². The molecule has 1 heteroatoms. The summed E-state index contributed by atoms with van der Waals surface area (Å²) in [6.07, 6.45) is 3.11. The van der Waals surface area contributed by atoms with E-state index in [2.05, 4.69) is 13.8 Å². The lowest BCUT2D eigenvalue weighted by Gasteiger charge is -1.98. The quantitative estimate of drug-likeness (QED) is 0.585. The number of allylic oxidation sites excluding steroid dienone is 3. The molecule has 0 aromatic rings. The van der Waals surface area contributed by atoms with Crippen LogP contribution in [0.1, 0.15) is 34.1 Å². The maximum Gasteiger partial charge on any atom is 0.0299 e. The Balaban J connectivity index is 4.27. The lowest BCUT2D eigenvalue weighted by atomic mass is 10.1. The second-order valence-corrected chi connectivity index (χ2v) is 2.80. The smallest absolute Gasteiger partial charge is 0.0299 e. The molecule has 0 fully saturated rings. The van der Waals surface area contributed by atoms with Gasteiger partial charge >= 0.3 is 0 Å². The first-order valence-electron chi connectivity index (χ1n) is 3.68. The zero-order chi connectivity index (χ0) is 8.15. The van der Waals surface area contributed by atoms with E-state index in [1.54, 1.807) is 0 Å². The fraction of sp³-hybridized carbons (Fsp3) is 0.556. The molecule has 0 unspecified atom stereocenters. The van der Waals surface area contributed by atoms with Gasteiger partial charge < -0.3 is 5.73 Å². The van der Waals surface area contributed by atoms with E-state index in [0.29, 0.717) is 0 Å². The highest BCUT2D eigenvalue weighted by molar-refractivity contribution is 5.23. The van der Waals surface area contributed by atoms with E-state index in [0.717, 1.165) is 12.1 Å². The Bertz CT molecular complexity index is 160. The summed E-state index contributed by atoms with van der Waals surface area (Å²) in [4.78, 5) is 0. The average Bonchev–Trinajstić information content (AvgIpc) is 1.87. The lowest BCUT2D eigenvalue weighted by molar-refractivity contribution is 1.08. The predicted octanol–water partition coefficient (Wildman–Crippen LogP) is 2.60. The summed E-state index contributed by atoms with van der Waals surface area (Å²) in [7, 11) is 0. The fourth-order valence-corrected chi connectivity index (χ4v) is 0.512. The number of rotatable bonds is 2. The first kappa shape index (κ1) is 9.28. The van der Waals surface area contributed by atoms with Gasteiger partial charge in [0.25, 0.3) is 0 Å². The molecule has 58 valence electrons. The van der Waals surface area contributed by atoms with Gasteiger partial charge in [-0.25, -0.2) is 0 Å². The molecular formula is C9H17N. The van der Waals surface area contributed by atoms with Crippen molar-refractivity contribution in [1.29, 1.82) is 0 Å². The highest BCUT2D eigenvalue weighted by atomic mass is 14.6. The average molecular weight is 139 g/mol. The van der Waals surface area contributed by atoms with Crippen molar-refractivity contribution in [2.45, 2.75) is 34.1 Å². The van der Waals surface area contributed by atoms with Gasteiger partial charge in [0.2, 0.25) is 0 Å². The Kier molecular flexibility index (Phi) is 3.85. The summed E-state index contributed by atoms with van der Waals surface area (Å²) in [6, 6.07) is 0. The van der Waals surface area contributed by atoms with Gasteiger partial charge in [-0.15, -0.1) is 0 Å². The van der Waals surface area contributed by atoms with Gasteiger partial charge in [-0.3, -0.25) is 0 Å². The Labute approximate surface area is 63.6 Å². The summed E-state index contributed by atoms with van der Waals surface area (Å²) in [5.41, 5.74) is 9.12. The molecule has 0 spiro atoms. The normalized spacial score (nSPS) is 11.4. The van der Waals surface area contributed by atoms with E-state index in [1.807, 2.05) is 19.9 Å². The minimum absolute atomic E-state index is 0.902. The Morgan fingerprint density at radius 3 is 2.10 bits per heavy atom. The van der Waals surface area contributed by atoms with Crippen LogP contribution in [-0.2, 0) is 0 Å². The van der Waals surface area contributed by atoms with Gasteiger partial charge in [0.1, 0.15) is 0 Å². The van der Waals surface area contributed by atoms with Crippen LogP contribution in [0.4, 0.5) is 0 Å². The molecule has 0 aliphatic carbocycles. The zero-order valence-electron chi connectivity index (χ0n) is 7.36.